The predicted octanol–water partition coefficient (Wildman–Crippen LogP) is 3.06. The van der Waals surface area contributed by atoms with Gasteiger partial charge in [0.2, 0.25) is 17.7 Å². The van der Waals surface area contributed by atoms with Crippen LogP contribution in [0.15, 0.2) is 48.5 Å². The normalized spacial score (nSPS) is 16.1. The van der Waals surface area contributed by atoms with E-state index in [1.54, 1.807) is 32.0 Å². The molecule has 0 radical (unpaired) electrons. The van der Waals surface area contributed by atoms with Gasteiger partial charge in [-0.25, -0.2) is 0 Å². The van der Waals surface area contributed by atoms with Crippen molar-refractivity contribution in [2.45, 2.75) is 46.7 Å². The van der Waals surface area contributed by atoms with Gasteiger partial charge in [0.05, 0.1) is 22.4 Å². The second kappa shape index (κ2) is 9.05. The summed E-state index contributed by atoms with van der Waals surface area (Å²) in [5.74, 6) is -3.38. The number of para-hydroxylation sites is 1. The van der Waals surface area contributed by atoms with Gasteiger partial charge in [0.1, 0.15) is 5.92 Å². The summed E-state index contributed by atoms with van der Waals surface area (Å²) >= 11 is 0. The van der Waals surface area contributed by atoms with Crippen LogP contribution in [0.2, 0.25) is 0 Å². The molecule has 1 aliphatic rings. The van der Waals surface area contributed by atoms with E-state index in [0.29, 0.717) is 5.69 Å². The molecular formula is C25H30N4O4. The van der Waals surface area contributed by atoms with Gasteiger partial charge in [0.15, 0.2) is 0 Å². The molecule has 4 N–H and O–H groups in total. The van der Waals surface area contributed by atoms with Crippen molar-refractivity contribution in [3.8, 4) is 0 Å². The summed E-state index contributed by atoms with van der Waals surface area (Å²) < 4.78 is 0. The largest absolute Gasteiger partial charge is 0.352 e. The second-order valence-corrected chi connectivity index (χ2v) is 9.73. The maximum atomic E-state index is 13.2. The Morgan fingerprint density at radius 2 is 1.52 bits per heavy atom. The minimum Gasteiger partial charge on any atom is -0.352 e. The Bertz CT molecular complexity index is 1090. The Morgan fingerprint density at radius 1 is 0.879 bits per heavy atom. The number of carbonyl (C=O) groups is 4. The predicted molar refractivity (Wildman–Crippen MR) is 126 cm³/mol. The highest BCUT2D eigenvalue weighted by atomic mass is 16.2. The molecule has 8 nitrogen and oxygen atoms in total. The summed E-state index contributed by atoms with van der Waals surface area (Å²) in [5.41, 5.74) is -0.197. The minimum absolute atomic E-state index is 0.209. The SMILES string of the molecule is CC(C)(C)NC(=O)c1cccc2c1NC(=O)C(C(C)(C)C(=O)NCc1ccccc1)C(=O)N2. The van der Waals surface area contributed by atoms with E-state index >= 15 is 0 Å². The zero-order chi connectivity index (χ0) is 24.4. The Balaban J connectivity index is 1.85. The average Bonchev–Trinajstić information content (AvgIpc) is 2.85. The van der Waals surface area contributed by atoms with Gasteiger partial charge in [-0.2, -0.15) is 0 Å². The number of hydrogen-bond donors (Lipinski definition) is 4. The van der Waals surface area contributed by atoms with Crippen molar-refractivity contribution in [2.24, 2.45) is 11.3 Å². The molecule has 1 unspecified atom stereocenters. The van der Waals surface area contributed by atoms with Crippen LogP contribution < -0.4 is 21.3 Å². The van der Waals surface area contributed by atoms with E-state index in [0.717, 1.165) is 5.56 Å². The van der Waals surface area contributed by atoms with Crippen LogP contribution in [0.4, 0.5) is 11.4 Å². The highest BCUT2D eigenvalue weighted by Gasteiger charge is 2.47. The number of fused-ring (bicyclic) bond motifs is 1. The molecule has 8 heteroatoms. The molecule has 0 saturated carbocycles. The molecule has 4 amide bonds. The molecule has 0 fully saturated rings. The van der Waals surface area contributed by atoms with Crippen LogP contribution in [0.1, 0.15) is 50.5 Å². The highest BCUT2D eigenvalue weighted by Crippen LogP contribution is 2.36. The number of anilines is 2. The van der Waals surface area contributed by atoms with Crippen LogP contribution >= 0.6 is 0 Å². The van der Waals surface area contributed by atoms with Crippen molar-refractivity contribution in [2.75, 3.05) is 10.6 Å². The third-order valence-corrected chi connectivity index (χ3v) is 5.43. The van der Waals surface area contributed by atoms with E-state index in [4.69, 9.17) is 0 Å². The maximum Gasteiger partial charge on any atom is 0.253 e. The summed E-state index contributed by atoms with van der Waals surface area (Å²) in [6.45, 7) is 8.93. The van der Waals surface area contributed by atoms with Gasteiger partial charge in [-0.1, -0.05) is 36.4 Å². The summed E-state index contributed by atoms with van der Waals surface area (Å²) in [6.07, 6.45) is 0. The van der Waals surface area contributed by atoms with E-state index < -0.39 is 34.6 Å². The van der Waals surface area contributed by atoms with Gasteiger partial charge in [0.25, 0.3) is 5.91 Å². The van der Waals surface area contributed by atoms with E-state index in [1.807, 2.05) is 51.1 Å². The molecule has 0 bridgehead atoms. The number of benzene rings is 2. The Labute approximate surface area is 193 Å². The third kappa shape index (κ3) is 5.39. The van der Waals surface area contributed by atoms with Crippen molar-refractivity contribution < 1.29 is 19.2 Å². The third-order valence-electron chi connectivity index (χ3n) is 5.43. The fourth-order valence-electron chi connectivity index (χ4n) is 3.70. The van der Waals surface area contributed by atoms with E-state index in [9.17, 15) is 19.2 Å². The highest BCUT2D eigenvalue weighted by molar-refractivity contribution is 6.20. The van der Waals surface area contributed by atoms with E-state index in [-0.39, 0.29) is 23.7 Å². The maximum absolute atomic E-state index is 13.2. The topological polar surface area (TPSA) is 116 Å². The molecule has 0 aromatic heterocycles. The lowest BCUT2D eigenvalue weighted by Gasteiger charge is -2.29. The molecule has 2 aromatic carbocycles. The van der Waals surface area contributed by atoms with Crippen LogP contribution in [0.5, 0.6) is 0 Å². The van der Waals surface area contributed by atoms with Crippen molar-refractivity contribution >= 4 is 35.0 Å². The molecule has 1 atom stereocenters. The molecule has 0 aliphatic carbocycles. The Kier molecular flexibility index (Phi) is 6.58. The lowest BCUT2D eigenvalue weighted by Crippen LogP contribution is -2.50. The molecular weight excluding hydrogens is 420 g/mol. The summed E-state index contributed by atoms with van der Waals surface area (Å²) in [5, 5.41) is 11.1. The Morgan fingerprint density at radius 3 is 2.15 bits per heavy atom. The van der Waals surface area contributed by atoms with Crippen LogP contribution in [-0.4, -0.2) is 29.2 Å². The van der Waals surface area contributed by atoms with Crippen molar-refractivity contribution in [1.82, 2.24) is 10.6 Å². The van der Waals surface area contributed by atoms with Gasteiger partial charge in [-0.3, -0.25) is 19.2 Å². The van der Waals surface area contributed by atoms with Crippen LogP contribution in [-0.2, 0) is 20.9 Å². The zero-order valence-corrected chi connectivity index (χ0v) is 19.5. The van der Waals surface area contributed by atoms with Crippen LogP contribution in [0, 0.1) is 11.3 Å². The van der Waals surface area contributed by atoms with Gasteiger partial charge in [-0.15, -0.1) is 0 Å². The monoisotopic (exact) mass is 450 g/mol. The number of hydrogen-bond acceptors (Lipinski definition) is 4. The van der Waals surface area contributed by atoms with E-state index in [2.05, 4.69) is 21.3 Å². The van der Waals surface area contributed by atoms with Crippen LogP contribution in [0.25, 0.3) is 0 Å². The lowest BCUT2D eigenvalue weighted by atomic mass is 9.76. The summed E-state index contributed by atoms with van der Waals surface area (Å²) in [7, 11) is 0. The molecule has 0 saturated heterocycles. The Hall–Kier alpha value is -3.68. The molecule has 33 heavy (non-hydrogen) atoms. The number of amides is 4. The average molecular weight is 451 g/mol. The zero-order valence-electron chi connectivity index (χ0n) is 19.5. The molecule has 1 heterocycles. The first-order valence-corrected chi connectivity index (χ1v) is 10.8. The van der Waals surface area contributed by atoms with Crippen molar-refractivity contribution in [3.05, 3.63) is 59.7 Å². The van der Waals surface area contributed by atoms with Gasteiger partial charge in [0, 0.05) is 12.1 Å². The lowest BCUT2D eigenvalue weighted by molar-refractivity contribution is -0.144. The first-order valence-electron chi connectivity index (χ1n) is 10.8. The molecule has 0 spiro atoms. The smallest absolute Gasteiger partial charge is 0.253 e. The molecule has 1 aliphatic heterocycles. The summed E-state index contributed by atoms with van der Waals surface area (Å²) in [4.78, 5) is 52.1. The fraction of sp³-hybridized carbons (Fsp3) is 0.360. The van der Waals surface area contributed by atoms with Crippen molar-refractivity contribution in [1.29, 1.82) is 0 Å². The molecule has 2 aromatic rings. The van der Waals surface area contributed by atoms with Gasteiger partial charge in [-0.05, 0) is 52.3 Å². The molecule has 3 rings (SSSR count). The first kappa shape index (κ1) is 24.0. The van der Waals surface area contributed by atoms with Crippen molar-refractivity contribution in [3.63, 3.8) is 0 Å². The van der Waals surface area contributed by atoms with Crippen LogP contribution in [0.3, 0.4) is 0 Å². The second-order valence-electron chi connectivity index (χ2n) is 9.73. The minimum atomic E-state index is -1.35. The van der Waals surface area contributed by atoms with E-state index in [1.165, 1.54) is 0 Å². The summed E-state index contributed by atoms with van der Waals surface area (Å²) in [6, 6.07) is 14.2. The standard InChI is InChI=1S/C25H30N4O4/c1-24(2,3)29-20(30)16-12-9-13-17-19(16)28-22(32)18(21(31)27-17)25(4,5)23(33)26-14-15-10-7-6-8-11-15/h6-13,18H,14H2,1-5H3,(H,26,33)(H,27,31)(H,28,32)(H,29,30). The quantitative estimate of drug-likeness (QED) is 0.524. The first-order chi connectivity index (χ1) is 15.4. The number of nitrogens with one attached hydrogen (secondary N) is 4. The van der Waals surface area contributed by atoms with Gasteiger partial charge < -0.3 is 21.3 Å². The van der Waals surface area contributed by atoms with Gasteiger partial charge >= 0.3 is 0 Å². The number of carbonyl (C=O) groups excluding carboxylic acids is 4. The number of rotatable bonds is 5. The fourth-order valence-corrected chi connectivity index (χ4v) is 3.70. The molecule has 174 valence electrons.